The van der Waals surface area contributed by atoms with Crippen LogP contribution in [-0.4, -0.2) is 53.8 Å². The van der Waals surface area contributed by atoms with Gasteiger partial charge in [0.1, 0.15) is 0 Å². The summed E-state index contributed by atoms with van der Waals surface area (Å²) in [6.07, 6.45) is 4.96. The smallest absolute Gasteiger partial charge is 0.317 e. The molecular weight excluding hydrogens is 272 g/mol. The number of hydrogen-bond donors (Lipinski definition) is 2. The average Bonchev–Trinajstić information content (AvgIpc) is 2.48. The minimum Gasteiger partial charge on any atom is -0.481 e. The van der Waals surface area contributed by atoms with E-state index in [1.165, 1.54) is 0 Å². The molecule has 2 N–H and O–H groups in total. The van der Waals surface area contributed by atoms with E-state index in [-0.39, 0.29) is 24.1 Å². The van der Waals surface area contributed by atoms with Gasteiger partial charge in [-0.15, -0.1) is 0 Å². The van der Waals surface area contributed by atoms with Crippen molar-refractivity contribution in [3.63, 3.8) is 0 Å². The van der Waals surface area contributed by atoms with Crippen LogP contribution in [0.15, 0.2) is 0 Å². The quantitative estimate of drug-likeness (QED) is 0.830. The fraction of sp³-hybridized carbons (Fsp3) is 0.867. The summed E-state index contributed by atoms with van der Waals surface area (Å²) in [5, 5.41) is 12.0. The van der Waals surface area contributed by atoms with Crippen molar-refractivity contribution in [3.05, 3.63) is 0 Å². The normalized spacial score (nSPS) is 30.0. The summed E-state index contributed by atoms with van der Waals surface area (Å²) in [5.74, 6) is -0.953. The molecule has 1 heterocycles. The molecule has 1 atom stereocenters. The Kier molecular flexibility index (Phi) is 5.85. The minimum absolute atomic E-state index is 0.0295. The summed E-state index contributed by atoms with van der Waals surface area (Å²) in [5.41, 5.74) is 0. The van der Waals surface area contributed by atoms with E-state index in [9.17, 15) is 9.59 Å². The summed E-state index contributed by atoms with van der Waals surface area (Å²) >= 11 is 0. The van der Waals surface area contributed by atoms with E-state index >= 15 is 0 Å². The molecule has 6 nitrogen and oxygen atoms in total. The van der Waals surface area contributed by atoms with Gasteiger partial charge in [0.15, 0.2) is 0 Å². The highest BCUT2D eigenvalue weighted by atomic mass is 16.5. The molecule has 0 aromatic heterocycles. The summed E-state index contributed by atoms with van der Waals surface area (Å²) in [7, 11) is 0. The van der Waals surface area contributed by atoms with Crippen LogP contribution in [0.2, 0.25) is 0 Å². The predicted molar refractivity (Wildman–Crippen MR) is 78.1 cm³/mol. The summed E-state index contributed by atoms with van der Waals surface area (Å²) in [6, 6.07) is 0.0822. The molecule has 1 aliphatic carbocycles. The van der Waals surface area contributed by atoms with Crippen molar-refractivity contribution in [2.24, 2.45) is 5.92 Å². The van der Waals surface area contributed by atoms with Crippen LogP contribution >= 0.6 is 0 Å². The van der Waals surface area contributed by atoms with Crippen LogP contribution in [0.5, 0.6) is 0 Å². The molecule has 0 spiro atoms. The number of aliphatic carboxylic acids is 1. The van der Waals surface area contributed by atoms with Crippen molar-refractivity contribution >= 4 is 12.0 Å². The van der Waals surface area contributed by atoms with Gasteiger partial charge in [-0.05, 0) is 45.4 Å². The first-order valence-corrected chi connectivity index (χ1v) is 8.00. The van der Waals surface area contributed by atoms with Crippen molar-refractivity contribution in [1.82, 2.24) is 10.2 Å². The molecule has 1 unspecified atom stereocenters. The van der Waals surface area contributed by atoms with E-state index in [4.69, 9.17) is 9.84 Å². The van der Waals surface area contributed by atoms with Gasteiger partial charge >= 0.3 is 12.0 Å². The monoisotopic (exact) mass is 298 g/mol. The number of carbonyl (C=O) groups excluding carboxylic acids is 1. The Balaban J connectivity index is 1.75. The molecule has 1 aliphatic heterocycles. The molecule has 0 radical (unpaired) electrons. The second-order valence-electron chi connectivity index (χ2n) is 6.00. The Morgan fingerprint density at radius 2 is 1.95 bits per heavy atom. The van der Waals surface area contributed by atoms with Crippen molar-refractivity contribution in [2.75, 3.05) is 19.7 Å². The van der Waals surface area contributed by atoms with Gasteiger partial charge in [-0.25, -0.2) is 4.79 Å². The molecule has 0 aromatic carbocycles. The van der Waals surface area contributed by atoms with E-state index in [0.717, 1.165) is 32.2 Å². The lowest BCUT2D eigenvalue weighted by molar-refractivity contribution is -0.142. The third-order valence-corrected chi connectivity index (χ3v) is 4.47. The molecule has 1 saturated carbocycles. The second-order valence-corrected chi connectivity index (χ2v) is 6.00. The average molecular weight is 298 g/mol. The topological polar surface area (TPSA) is 78.9 Å². The van der Waals surface area contributed by atoms with Crippen LogP contribution in [0, 0.1) is 5.92 Å². The first-order chi connectivity index (χ1) is 10.1. The Bertz CT molecular complexity index is 365. The molecule has 21 heavy (non-hydrogen) atoms. The molecule has 120 valence electrons. The van der Waals surface area contributed by atoms with Crippen LogP contribution in [0.25, 0.3) is 0 Å². The lowest BCUT2D eigenvalue weighted by Gasteiger charge is -2.34. The van der Waals surface area contributed by atoms with Crippen molar-refractivity contribution in [2.45, 2.75) is 57.6 Å². The number of amides is 2. The van der Waals surface area contributed by atoms with Gasteiger partial charge in [0.2, 0.25) is 0 Å². The zero-order valence-corrected chi connectivity index (χ0v) is 12.7. The zero-order chi connectivity index (χ0) is 15.2. The Morgan fingerprint density at radius 3 is 2.57 bits per heavy atom. The number of nitrogens with one attached hydrogen (secondary N) is 1. The van der Waals surface area contributed by atoms with Gasteiger partial charge in [0.25, 0.3) is 0 Å². The number of rotatable bonds is 4. The molecule has 0 bridgehead atoms. The molecule has 2 amide bonds. The van der Waals surface area contributed by atoms with Gasteiger partial charge in [-0.2, -0.15) is 0 Å². The first-order valence-electron chi connectivity index (χ1n) is 8.00. The van der Waals surface area contributed by atoms with E-state index in [0.29, 0.717) is 26.0 Å². The van der Waals surface area contributed by atoms with Crippen molar-refractivity contribution < 1.29 is 19.4 Å². The predicted octanol–water partition coefficient (Wildman–Crippen LogP) is 1.84. The number of carboxylic acid groups (broad SMARTS) is 1. The molecule has 2 aliphatic rings. The number of likely N-dealkylation sites (tertiary alicyclic amines) is 1. The standard InChI is InChI=1S/C15H26N2O4/c1-2-21-13-4-3-9-17(10-13)15(20)16-12-7-5-11(6-8-12)14(18)19/h11-13H,2-10H2,1H3,(H,16,20)(H,18,19). The highest BCUT2D eigenvalue weighted by Crippen LogP contribution is 2.24. The maximum Gasteiger partial charge on any atom is 0.317 e. The molecule has 2 rings (SSSR count). The Morgan fingerprint density at radius 1 is 1.24 bits per heavy atom. The van der Waals surface area contributed by atoms with Crippen LogP contribution in [0.1, 0.15) is 45.4 Å². The summed E-state index contributed by atoms with van der Waals surface area (Å²) < 4.78 is 5.61. The number of carbonyl (C=O) groups is 2. The number of nitrogens with zero attached hydrogens (tertiary/aromatic N) is 1. The lowest BCUT2D eigenvalue weighted by atomic mass is 9.86. The van der Waals surface area contributed by atoms with Gasteiger partial charge in [0, 0.05) is 25.7 Å². The van der Waals surface area contributed by atoms with Crippen LogP contribution in [0.3, 0.4) is 0 Å². The molecule has 6 heteroatoms. The van der Waals surface area contributed by atoms with Crippen LogP contribution < -0.4 is 5.32 Å². The Labute approximate surface area is 125 Å². The molecule has 1 saturated heterocycles. The third kappa shape index (κ3) is 4.59. The number of ether oxygens (including phenoxy) is 1. The second kappa shape index (κ2) is 7.64. The number of carboxylic acids is 1. The summed E-state index contributed by atoms with van der Waals surface area (Å²) in [4.78, 5) is 25.0. The van der Waals surface area contributed by atoms with Gasteiger partial charge in [0.05, 0.1) is 12.0 Å². The van der Waals surface area contributed by atoms with E-state index in [1.54, 1.807) is 0 Å². The number of hydrogen-bond acceptors (Lipinski definition) is 3. The van der Waals surface area contributed by atoms with Crippen molar-refractivity contribution in [1.29, 1.82) is 0 Å². The maximum atomic E-state index is 12.3. The number of urea groups is 1. The fourth-order valence-corrected chi connectivity index (χ4v) is 3.25. The van der Waals surface area contributed by atoms with Gasteiger partial charge in [-0.3, -0.25) is 4.79 Å². The largest absolute Gasteiger partial charge is 0.481 e. The van der Waals surface area contributed by atoms with Crippen LogP contribution in [0.4, 0.5) is 4.79 Å². The van der Waals surface area contributed by atoms with E-state index in [1.807, 2.05) is 11.8 Å². The fourth-order valence-electron chi connectivity index (χ4n) is 3.25. The van der Waals surface area contributed by atoms with E-state index < -0.39 is 5.97 Å². The first kappa shape index (κ1) is 16.1. The molecule has 0 aromatic rings. The highest BCUT2D eigenvalue weighted by molar-refractivity contribution is 5.75. The molecular formula is C15H26N2O4. The lowest BCUT2D eigenvalue weighted by Crippen LogP contribution is -2.51. The molecule has 2 fully saturated rings. The SMILES string of the molecule is CCOC1CCCN(C(=O)NC2CCC(C(=O)O)CC2)C1. The third-order valence-electron chi connectivity index (χ3n) is 4.47. The van der Waals surface area contributed by atoms with Gasteiger partial charge < -0.3 is 20.1 Å². The van der Waals surface area contributed by atoms with E-state index in [2.05, 4.69) is 5.32 Å². The Hall–Kier alpha value is -1.30. The summed E-state index contributed by atoms with van der Waals surface area (Å²) in [6.45, 7) is 4.09. The highest BCUT2D eigenvalue weighted by Gasteiger charge is 2.29. The zero-order valence-electron chi connectivity index (χ0n) is 12.7. The number of piperidine rings is 1. The van der Waals surface area contributed by atoms with Crippen molar-refractivity contribution in [3.8, 4) is 0 Å². The minimum atomic E-state index is -0.713. The van der Waals surface area contributed by atoms with Gasteiger partial charge in [-0.1, -0.05) is 0 Å². The maximum absolute atomic E-state index is 12.3. The van der Waals surface area contributed by atoms with Crippen LogP contribution in [-0.2, 0) is 9.53 Å².